The van der Waals surface area contributed by atoms with Crippen molar-refractivity contribution in [2.75, 3.05) is 13.1 Å². The van der Waals surface area contributed by atoms with Gasteiger partial charge < -0.3 is 5.32 Å². The summed E-state index contributed by atoms with van der Waals surface area (Å²) in [6.45, 7) is 2.12. The van der Waals surface area contributed by atoms with Gasteiger partial charge in [-0.3, -0.25) is 0 Å². The molecule has 1 saturated heterocycles. The van der Waals surface area contributed by atoms with Crippen LogP contribution in [0.15, 0.2) is 18.2 Å². The van der Waals surface area contributed by atoms with Crippen molar-refractivity contribution in [2.24, 2.45) is 0 Å². The molecule has 0 spiro atoms. The summed E-state index contributed by atoms with van der Waals surface area (Å²) in [5, 5.41) is 4.82. The summed E-state index contributed by atoms with van der Waals surface area (Å²) in [4.78, 5) is 0. The van der Waals surface area contributed by atoms with Gasteiger partial charge in [-0.15, -0.1) is 0 Å². The Labute approximate surface area is 88.0 Å². The molecule has 0 saturated carbocycles. The van der Waals surface area contributed by atoms with Crippen LogP contribution < -0.4 is 5.32 Å². The average Bonchev–Trinajstić information content (AvgIpc) is 2.56. The average molecular weight is 216 g/mol. The maximum absolute atomic E-state index is 6.10. The fourth-order valence-electron chi connectivity index (χ4n) is 1.75. The molecular weight excluding hydrogens is 205 g/mol. The lowest BCUT2D eigenvalue weighted by Gasteiger charge is -2.10. The minimum absolute atomic E-state index is 0.560. The Hall–Kier alpha value is -0.240. The van der Waals surface area contributed by atoms with Gasteiger partial charge >= 0.3 is 0 Å². The van der Waals surface area contributed by atoms with Gasteiger partial charge in [0.05, 0.1) is 0 Å². The van der Waals surface area contributed by atoms with Crippen LogP contribution >= 0.6 is 23.2 Å². The van der Waals surface area contributed by atoms with E-state index in [1.54, 1.807) is 0 Å². The van der Waals surface area contributed by atoms with Crippen molar-refractivity contribution < 1.29 is 0 Å². The zero-order chi connectivity index (χ0) is 9.26. The van der Waals surface area contributed by atoms with E-state index in [-0.39, 0.29) is 0 Å². The van der Waals surface area contributed by atoms with Crippen molar-refractivity contribution in [3.8, 4) is 0 Å². The van der Waals surface area contributed by atoms with Crippen molar-refractivity contribution in [3.05, 3.63) is 33.8 Å². The molecule has 1 atom stereocenters. The number of benzene rings is 1. The van der Waals surface area contributed by atoms with E-state index in [4.69, 9.17) is 23.2 Å². The molecule has 0 unspecified atom stereocenters. The van der Waals surface area contributed by atoms with E-state index < -0.39 is 0 Å². The maximum atomic E-state index is 6.10. The van der Waals surface area contributed by atoms with Gasteiger partial charge in [-0.25, -0.2) is 0 Å². The number of nitrogens with one attached hydrogen (secondary N) is 1. The monoisotopic (exact) mass is 215 g/mol. The molecule has 1 N–H and O–H groups in total. The molecular formula is C10H11Cl2N. The van der Waals surface area contributed by atoms with Gasteiger partial charge in [0.25, 0.3) is 0 Å². The van der Waals surface area contributed by atoms with E-state index in [1.165, 1.54) is 12.0 Å². The first kappa shape index (κ1) is 9.32. The molecule has 3 heteroatoms. The van der Waals surface area contributed by atoms with Crippen molar-refractivity contribution in [3.63, 3.8) is 0 Å². The number of rotatable bonds is 1. The molecule has 0 aliphatic carbocycles. The van der Waals surface area contributed by atoms with Crippen LogP contribution in [-0.2, 0) is 0 Å². The van der Waals surface area contributed by atoms with Crippen molar-refractivity contribution >= 4 is 23.2 Å². The van der Waals surface area contributed by atoms with Gasteiger partial charge in [-0.1, -0.05) is 29.3 Å². The first-order chi connectivity index (χ1) is 6.27. The Bertz CT molecular complexity index is 306. The summed E-state index contributed by atoms with van der Waals surface area (Å²) in [5.41, 5.74) is 1.22. The van der Waals surface area contributed by atoms with Crippen molar-refractivity contribution in [1.29, 1.82) is 0 Å². The lowest BCUT2D eigenvalue weighted by Crippen LogP contribution is -2.08. The minimum atomic E-state index is 0.560. The lowest BCUT2D eigenvalue weighted by molar-refractivity contribution is 0.764. The molecule has 1 aliphatic rings. The Morgan fingerprint density at radius 2 is 2.15 bits per heavy atom. The standard InChI is InChI=1S/C10H11Cl2N/c11-8-1-2-9(10(12)5-8)7-3-4-13-6-7/h1-2,5,7,13H,3-4,6H2/t7-/m0/s1. The third-order valence-corrected chi connectivity index (χ3v) is 3.03. The van der Waals surface area contributed by atoms with Crippen LogP contribution in [0.3, 0.4) is 0 Å². The number of hydrogen-bond donors (Lipinski definition) is 1. The largest absolute Gasteiger partial charge is 0.316 e. The Balaban J connectivity index is 2.29. The summed E-state index contributed by atoms with van der Waals surface area (Å²) in [6.07, 6.45) is 1.17. The molecule has 1 aromatic rings. The molecule has 0 aromatic heterocycles. The van der Waals surface area contributed by atoms with Crippen molar-refractivity contribution in [1.82, 2.24) is 5.32 Å². The number of hydrogen-bond acceptors (Lipinski definition) is 1. The fourth-order valence-corrected chi connectivity index (χ4v) is 2.32. The first-order valence-electron chi connectivity index (χ1n) is 4.43. The highest BCUT2D eigenvalue weighted by atomic mass is 35.5. The van der Waals surface area contributed by atoms with E-state index in [9.17, 15) is 0 Å². The van der Waals surface area contributed by atoms with Gasteiger partial charge in [0.15, 0.2) is 0 Å². The smallest absolute Gasteiger partial charge is 0.0456 e. The lowest BCUT2D eigenvalue weighted by atomic mass is 9.99. The van der Waals surface area contributed by atoms with Gasteiger partial charge in [0.2, 0.25) is 0 Å². The van der Waals surface area contributed by atoms with Crippen molar-refractivity contribution in [2.45, 2.75) is 12.3 Å². The zero-order valence-corrected chi connectivity index (χ0v) is 8.70. The molecule has 70 valence electrons. The van der Waals surface area contributed by atoms with E-state index in [1.807, 2.05) is 18.2 Å². The molecule has 0 amide bonds. The maximum Gasteiger partial charge on any atom is 0.0456 e. The third-order valence-electron chi connectivity index (χ3n) is 2.46. The van der Waals surface area contributed by atoms with E-state index in [0.717, 1.165) is 18.1 Å². The second-order valence-corrected chi connectivity index (χ2v) is 4.20. The highest BCUT2D eigenvalue weighted by Gasteiger charge is 2.18. The summed E-state index contributed by atoms with van der Waals surface area (Å²) < 4.78 is 0. The van der Waals surface area contributed by atoms with Gasteiger partial charge in [0, 0.05) is 16.6 Å². The topological polar surface area (TPSA) is 12.0 Å². The van der Waals surface area contributed by atoms with Gasteiger partial charge in [0.1, 0.15) is 0 Å². The van der Waals surface area contributed by atoms with Crippen LogP contribution in [0.1, 0.15) is 17.9 Å². The molecule has 0 bridgehead atoms. The van der Waals surface area contributed by atoms with Gasteiger partial charge in [-0.2, -0.15) is 0 Å². The highest BCUT2D eigenvalue weighted by Crippen LogP contribution is 2.30. The summed E-state index contributed by atoms with van der Waals surface area (Å²) in [5.74, 6) is 0.560. The third kappa shape index (κ3) is 1.98. The van der Waals surface area contributed by atoms with E-state index in [0.29, 0.717) is 10.9 Å². The predicted octanol–water partition coefficient (Wildman–Crippen LogP) is 3.07. The SMILES string of the molecule is Clc1ccc([C@H]2CCNC2)c(Cl)c1. The normalized spacial score (nSPS) is 22.2. The summed E-state index contributed by atoms with van der Waals surface area (Å²) in [7, 11) is 0. The minimum Gasteiger partial charge on any atom is -0.316 e. The fraction of sp³-hybridized carbons (Fsp3) is 0.400. The second kappa shape index (κ2) is 3.87. The van der Waals surface area contributed by atoms with Crippen LogP contribution in [-0.4, -0.2) is 13.1 Å². The number of halogens is 2. The first-order valence-corrected chi connectivity index (χ1v) is 5.18. The molecule has 0 radical (unpaired) electrons. The van der Waals surface area contributed by atoms with Gasteiger partial charge in [-0.05, 0) is 36.6 Å². The van der Waals surface area contributed by atoms with Crippen LogP contribution in [0, 0.1) is 0 Å². The molecule has 1 aliphatic heterocycles. The van der Waals surface area contributed by atoms with E-state index >= 15 is 0 Å². The Morgan fingerprint density at radius 1 is 1.31 bits per heavy atom. The van der Waals surface area contributed by atoms with Crippen LogP contribution in [0.25, 0.3) is 0 Å². The van der Waals surface area contributed by atoms with Crippen LogP contribution in [0.5, 0.6) is 0 Å². The molecule has 1 fully saturated rings. The van der Waals surface area contributed by atoms with Crippen LogP contribution in [0.4, 0.5) is 0 Å². The van der Waals surface area contributed by atoms with E-state index in [2.05, 4.69) is 5.32 Å². The predicted molar refractivity (Wildman–Crippen MR) is 56.7 cm³/mol. The quantitative estimate of drug-likeness (QED) is 0.760. The second-order valence-electron chi connectivity index (χ2n) is 3.36. The zero-order valence-electron chi connectivity index (χ0n) is 7.19. The molecule has 1 heterocycles. The molecule has 13 heavy (non-hydrogen) atoms. The molecule has 2 rings (SSSR count). The Morgan fingerprint density at radius 3 is 2.77 bits per heavy atom. The van der Waals surface area contributed by atoms with Crippen LogP contribution in [0.2, 0.25) is 10.0 Å². The Kier molecular flexibility index (Phi) is 2.77. The summed E-state index contributed by atoms with van der Waals surface area (Å²) >= 11 is 11.9. The molecule has 1 nitrogen and oxygen atoms in total. The molecule has 1 aromatic carbocycles. The highest BCUT2D eigenvalue weighted by molar-refractivity contribution is 6.35. The summed E-state index contributed by atoms with van der Waals surface area (Å²) in [6, 6.07) is 5.75.